The fourth-order valence-electron chi connectivity index (χ4n) is 2.33. The molecular formula is C14H22N4O. The number of hydrogen-bond donors (Lipinski definition) is 1. The predicted octanol–water partition coefficient (Wildman–Crippen LogP) is 2.17. The zero-order chi connectivity index (χ0) is 13.7. The maximum Gasteiger partial charge on any atom is 0.274 e. The largest absolute Gasteiger partial charge is 0.369 e. The molecule has 2 rings (SSSR count). The average molecular weight is 262 g/mol. The molecule has 1 saturated heterocycles. The number of amides is 1. The Balaban J connectivity index is 1.98. The van der Waals surface area contributed by atoms with Crippen molar-refractivity contribution in [1.29, 1.82) is 0 Å². The number of carbonyl (C=O) groups excluding carboxylic acids is 1. The van der Waals surface area contributed by atoms with Crippen molar-refractivity contribution in [2.45, 2.75) is 33.1 Å². The zero-order valence-electron chi connectivity index (χ0n) is 11.7. The van der Waals surface area contributed by atoms with Crippen LogP contribution in [-0.4, -0.2) is 40.6 Å². The van der Waals surface area contributed by atoms with E-state index in [4.69, 9.17) is 0 Å². The number of rotatable bonds is 4. The molecule has 5 heteroatoms. The first-order valence-corrected chi connectivity index (χ1v) is 7.07. The van der Waals surface area contributed by atoms with Gasteiger partial charge in [-0.1, -0.05) is 13.8 Å². The van der Waals surface area contributed by atoms with E-state index < -0.39 is 0 Å². The van der Waals surface area contributed by atoms with Gasteiger partial charge in [0.1, 0.15) is 5.82 Å². The molecule has 0 aliphatic carbocycles. The van der Waals surface area contributed by atoms with Gasteiger partial charge in [-0.2, -0.15) is 0 Å². The van der Waals surface area contributed by atoms with E-state index in [2.05, 4.69) is 29.4 Å². The highest BCUT2D eigenvalue weighted by Crippen LogP contribution is 2.17. The lowest BCUT2D eigenvalue weighted by atomic mass is 10.00. The Hall–Kier alpha value is -1.65. The monoisotopic (exact) mass is 262 g/mol. The van der Waals surface area contributed by atoms with Gasteiger partial charge in [0.2, 0.25) is 0 Å². The molecule has 104 valence electrons. The highest BCUT2D eigenvalue weighted by atomic mass is 16.2. The van der Waals surface area contributed by atoms with Crippen molar-refractivity contribution in [3.8, 4) is 0 Å². The van der Waals surface area contributed by atoms with Gasteiger partial charge in [0.25, 0.3) is 5.91 Å². The molecule has 19 heavy (non-hydrogen) atoms. The fraction of sp³-hybridized carbons (Fsp3) is 0.643. The van der Waals surface area contributed by atoms with Crippen LogP contribution in [0.3, 0.4) is 0 Å². The van der Waals surface area contributed by atoms with Gasteiger partial charge in [0.15, 0.2) is 5.69 Å². The van der Waals surface area contributed by atoms with Gasteiger partial charge in [-0.15, -0.1) is 10.2 Å². The molecule has 1 aromatic rings. The molecule has 0 saturated carbocycles. The van der Waals surface area contributed by atoms with Crippen molar-refractivity contribution in [1.82, 2.24) is 15.1 Å². The summed E-state index contributed by atoms with van der Waals surface area (Å²) in [6.07, 6.45) is 3.32. The van der Waals surface area contributed by atoms with Crippen LogP contribution in [0.5, 0.6) is 0 Å². The quantitative estimate of drug-likeness (QED) is 0.903. The van der Waals surface area contributed by atoms with Crippen molar-refractivity contribution in [3.63, 3.8) is 0 Å². The fourth-order valence-corrected chi connectivity index (χ4v) is 2.33. The smallest absolute Gasteiger partial charge is 0.274 e. The summed E-state index contributed by atoms with van der Waals surface area (Å²) in [6, 6.07) is 3.58. The molecule has 0 spiro atoms. The maximum atomic E-state index is 12.3. The highest BCUT2D eigenvalue weighted by molar-refractivity contribution is 5.92. The lowest BCUT2D eigenvalue weighted by Crippen LogP contribution is -2.39. The summed E-state index contributed by atoms with van der Waals surface area (Å²) in [6.45, 7) is 6.81. The summed E-state index contributed by atoms with van der Waals surface area (Å²) in [7, 11) is 0. The first-order valence-electron chi connectivity index (χ1n) is 7.07. The van der Waals surface area contributed by atoms with Crippen molar-refractivity contribution in [2.75, 3.05) is 25.0 Å². The van der Waals surface area contributed by atoms with Crippen LogP contribution in [0.1, 0.15) is 43.6 Å². The zero-order valence-corrected chi connectivity index (χ0v) is 11.7. The van der Waals surface area contributed by atoms with E-state index in [-0.39, 0.29) is 5.91 Å². The molecule has 1 fully saturated rings. The Morgan fingerprint density at radius 2 is 2.32 bits per heavy atom. The van der Waals surface area contributed by atoms with Gasteiger partial charge in [-0.25, -0.2) is 0 Å². The molecule has 1 atom stereocenters. The topological polar surface area (TPSA) is 58.1 Å². The van der Waals surface area contributed by atoms with E-state index in [1.165, 1.54) is 6.42 Å². The van der Waals surface area contributed by atoms with Crippen LogP contribution in [0.2, 0.25) is 0 Å². The normalized spacial score (nSPS) is 19.3. The lowest BCUT2D eigenvalue weighted by Gasteiger charge is -2.30. The van der Waals surface area contributed by atoms with Gasteiger partial charge in [-0.05, 0) is 37.3 Å². The number of nitrogens with zero attached hydrogens (tertiary/aromatic N) is 3. The Kier molecular flexibility index (Phi) is 4.71. The van der Waals surface area contributed by atoms with Gasteiger partial charge in [0.05, 0.1) is 0 Å². The van der Waals surface area contributed by atoms with Crippen molar-refractivity contribution < 1.29 is 4.79 Å². The van der Waals surface area contributed by atoms with E-state index in [9.17, 15) is 4.79 Å². The molecule has 5 nitrogen and oxygen atoms in total. The molecular weight excluding hydrogens is 240 g/mol. The first-order chi connectivity index (χ1) is 9.20. The van der Waals surface area contributed by atoms with Crippen LogP contribution < -0.4 is 5.32 Å². The van der Waals surface area contributed by atoms with Crippen LogP contribution in [-0.2, 0) is 0 Å². The minimum atomic E-state index is 0.00101. The maximum absolute atomic E-state index is 12.3. The second-order valence-electron chi connectivity index (χ2n) is 5.23. The summed E-state index contributed by atoms with van der Waals surface area (Å²) in [5, 5.41) is 11.2. The predicted molar refractivity (Wildman–Crippen MR) is 75.1 cm³/mol. The van der Waals surface area contributed by atoms with E-state index in [1.54, 1.807) is 6.07 Å². The Morgan fingerprint density at radius 3 is 2.95 bits per heavy atom. The first kappa shape index (κ1) is 13.8. The standard InChI is InChI=1S/C14H22N4O/c1-3-8-15-13-7-6-12(16-17-13)14(19)18-9-4-5-11(2)10-18/h6-7,11H,3-5,8-10H2,1-2H3,(H,15,17). The van der Waals surface area contributed by atoms with Gasteiger partial charge >= 0.3 is 0 Å². The molecule has 2 heterocycles. The minimum absolute atomic E-state index is 0.00101. The van der Waals surface area contributed by atoms with E-state index in [1.807, 2.05) is 11.0 Å². The van der Waals surface area contributed by atoms with Gasteiger partial charge in [-0.3, -0.25) is 4.79 Å². The summed E-state index contributed by atoms with van der Waals surface area (Å²) < 4.78 is 0. The van der Waals surface area contributed by atoms with Crippen LogP contribution in [0.4, 0.5) is 5.82 Å². The van der Waals surface area contributed by atoms with Crippen molar-refractivity contribution in [2.24, 2.45) is 5.92 Å². The molecule has 0 radical (unpaired) electrons. The summed E-state index contributed by atoms with van der Waals surface area (Å²) in [4.78, 5) is 14.2. The lowest BCUT2D eigenvalue weighted by molar-refractivity contribution is 0.0676. The number of carbonyl (C=O) groups is 1. The Bertz CT molecular complexity index is 418. The number of nitrogens with one attached hydrogen (secondary N) is 1. The van der Waals surface area contributed by atoms with Crippen LogP contribution in [0.15, 0.2) is 12.1 Å². The molecule has 1 amide bonds. The third-order valence-corrected chi connectivity index (χ3v) is 3.38. The van der Waals surface area contributed by atoms with Gasteiger partial charge < -0.3 is 10.2 Å². The summed E-state index contributed by atoms with van der Waals surface area (Å²) >= 11 is 0. The third-order valence-electron chi connectivity index (χ3n) is 3.38. The van der Waals surface area contributed by atoms with E-state index >= 15 is 0 Å². The average Bonchev–Trinajstić information content (AvgIpc) is 2.45. The summed E-state index contributed by atoms with van der Waals surface area (Å²) in [5.74, 6) is 1.31. The second-order valence-corrected chi connectivity index (χ2v) is 5.23. The molecule has 0 bridgehead atoms. The van der Waals surface area contributed by atoms with Crippen molar-refractivity contribution in [3.05, 3.63) is 17.8 Å². The van der Waals surface area contributed by atoms with Crippen LogP contribution >= 0.6 is 0 Å². The highest BCUT2D eigenvalue weighted by Gasteiger charge is 2.23. The SMILES string of the molecule is CCCNc1ccc(C(=O)N2CCCC(C)C2)nn1. The molecule has 1 N–H and O–H groups in total. The number of aromatic nitrogens is 2. The third kappa shape index (κ3) is 3.66. The van der Waals surface area contributed by atoms with Crippen LogP contribution in [0, 0.1) is 5.92 Å². The van der Waals surface area contributed by atoms with Crippen molar-refractivity contribution >= 4 is 11.7 Å². The van der Waals surface area contributed by atoms with Crippen LogP contribution in [0.25, 0.3) is 0 Å². The molecule has 1 aliphatic heterocycles. The Labute approximate surface area is 114 Å². The molecule has 1 aromatic heterocycles. The molecule has 0 aromatic carbocycles. The number of piperidine rings is 1. The summed E-state index contributed by atoms with van der Waals surface area (Å²) in [5.41, 5.74) is 0.441. The molecule has 1 unspecified atom stereocenters. The minimum Gasteiger partial charge on any atom is -0.369 e. The van der Waals surface area contributed by atoms with E-state index in [0.29, 0.717) is 11.6 Å². The number of anilines is 1. The second kappa shape index (κ2) is 6.50. The Morgan fingerprint density at radius 1 is 1.47 bits per heavy atom. The molecule has 1 aliphatic rings. The van der Waals surface area contributed by atoms with E-state index in [0.717, 1.165) is 38.3 Å². The number of hydrogen-bond acceptors (Lipinski definition) is 4. The van der Waals surface area contributed by atoms with Gasteiger partial charge in [0, 0.05) is 19.6 Å². The number of likely N-dealkylation sites (tertiary alicyclic amines) is 1.